The molecule has 0 atom stereocenters. The van der Waals surface area contributed by atoms with E-state index < -0.39 is 15.3 Å². The van der Waals surface area contributed by atoms with E-state index in [-0.39, 0.29) is 0 Å². The van der Waals surface area contributed by atoms with E-state index in [0.717, 1.165) is 4.47 Å². The third kappa shape index (κ3) is 1.93. The van der Waals surface area contributed by atoms with Crippen molar-refractivity contribution in [2.45, 2.75) is 19.1 Å². The number of nitrogens with zero attached hydrogens (tertiary/aromatic N) is 1. The largest absolute Gasteiger partial charge is 0.288 e. The molecule has 0 aromatic heterocycles. The first-order valence-corrected chi connectivity index (χ1v) is 4.45. The second-order valence-corrected chi connectivity index (χ2v) is 4.67. The highest BCUT2D eigenvalue weighted by Gasteiger charge is 2.21. The molecule has 0 fully saturated rings. The smallest absolute Gasteiger partial charge is 0.238 e. The normalized spacial score (nSPS) is 13.0. The van der Waals surface area contributed by atoms with Gasteiger partial charge in [0.05, 0.1) is 12.4 Å². The van der Waals surface area contributed by atoms with Gasteiger partial charge in [0.2, 0.25) is 10.0 Å². The van der Waals surface area contributed by atoms with Crippen molar-refractivity contribution in [3.63, 3.8) is 0 Å². The maximum atomic E-state index is 11.1. The molecule has 0 saturated carbocycles. The van der Waals surface area contributed by atoms with Crippen LogP contribution in [0, 0.1) is 0 Å². The molecular weight excluding hydrogens is 154 g/mol. The molecule has 0 amide bonds. The molecule has 5 heteroatoms. The average Bonchev–Trinajstić information content (AvgIpc) is 1.86. The zero-order valence-corrected chi connectivity index (χ0v) is 7.47. The monoisotopic (exact) mass is 167 g/mol. The molecule has 10 heavy (non-hydrogen) atoms. The number of hydroxylamine groups is 1. The second-order valence-electron chi connectivity index (χ2n) is 2.19. The molecule has 0 saturated heterocycles. The first-order valence-electron chi connectivity index (χ1n) is 2.94. The third-order valence-corrected chi connectivity index (χ3v) is 3.27. The van der Waals surface area contributed by atoms with Gasteiger partial charge in [-0.2, -0.15) is 0 Å². The number of hydrogen-bond donors (Lipinski definition) is 0. The predicted octanol–water partition coefficient (Wildman–Crippen LogP) is 0.218. The molecule has 0 spiro atoms. The van der Waals surface area contributed by atoms with Crippen molar-refractivity contribution in [3.05, 3.63) is 0 Å². The highest BCUT2D eigenvalue weighted by atomic mass is 32.2. The molecule has 0 N–H and O–H groups in total. The minimum Gasteiger partial charge on any atom is -0.288 e. The van der Waals surface area contributed by atoms with Crippen molar-refractivity contribution in [1.29, 1.82) is 0 Å². The fraction of sp³-hybridized carbons (Fsp3) is 1.00. The van der Waals surface area contributed by atoms with Crippen LogP contribution in [-0.2, 0) is 14.9 Å². The van der Waals surface area contributed by atoms with Crippen molar-refractivity contribution < 1.29 is 13.3 Å². The van der Waals surface area contributed by atoms with E-state index in [1.54, 1.807) is 13.8 Å². The summed E-state index contributed by atoms with van der Waals surface area (Å²) in [4.78, 5) is 4.52. The van der Waals surface area contributed by atoms with Crippen LogP contribution in [0.15, 0.2) is 0 Å². The average molecular weight is 167 g/mol. The van der Waals surface area contributed by atoms with Gasteiger partial charge in [0.15, 0.2) is 0 Å². The molecule has 0 rings (SSSR count). The van der Waals surface area contributed by atoms with Crippen LogP contribution in [0.3, 0.4) is 0 Å². The standard InChI is InChI=1S/C5H13NO3S/c1-5(2)10(7,8)6(3)9-4/h5H,1-4H3. The fourth-order valence-corrected chi connectivity index (χ4v) is 1.20. The van der Waals surface area contributed by atoms with E-state index in [4.69, 9.17) is 0 Å². The molecule has 0 bridgehead atoms. The first kappa shape index (κ1) is 9.87. The summed E-state index contributed by atoms with van der Waals surface area (Å²) in [7, 11) is -0.526. The van der Waals surface area contributed by atoms with Gasteiger partial charge in [-0.25, -0.2) is 8.42 Å². The van der Waals surface area contributed by atoms with Gasteiger partial charge in [-0.15, -0.1) is 0 Å². The van der Waals surface area contributed by atoms with E-state index in [2.05, 4.69) is 4.84 Å². The van der Waals surface area contributed by atoms with Crippen molar-refractivity contribution >= 4 is 10.0 Å². The minimum atomic E-state index is -3.22. The molecular formula is C5H13NO3S. The maximum absolute atomic E-state index is 11.1. The Kier molecular flexibility index (Phi) is 3.27. The lowest BCUT2D eigenvalue weighted by Crippen LogP contribution is -2.32. The lowest BCUT2D eigenvalue weighted by Gasteiger charge is -2.16. The van der Waals surface area contributed by atoms with Crippen LogP contribution in [-0.4, -0.2) is 32.3 Å². The van der Waals surface area contributed by atoms with Crippen LogP contribution >= 0.6 is 0 Å². The van der Waals surface area contributed by atoms with Crippen LogP contribution in [0.5, 0.6) is 0 Å². The van der Waals surface area contributed by atoms with Crippen molar-refractivity contribution in [2.24, 2.45) is 0 Å². The van der Waals surface area contributed by atoms with E-state index in [9.17, 15) is 8.42 Å². The van der Waals surface area contributed by atoms with Crippen LogP contribution in [0.25, 0.3) is 0 Å². The van der Waals surface area contributed by atoms with Gasteiger partial charge in [-0.1, -0.05) is 4.47 Å². The van der Waals surface area contributed by atoms with E-state index in [0.29, 0.717) is 0 Å². The Labute approximate surface area is 61.8 Å². The Hall–Kier alpha value is -0.130. The topological polar surface area (TPSA) is 46.6 Å². The summed E-state index contributed by atoms with van der Waals surface area (Å²) in [5, 5.41) is -0.433. The molecule has 0 radical (unpaired) electrons. The van der Waals surface area contributed by atoms with Crippen LogP contribution in [0.2, 0.25) is 0 Å². The van der Waals surface area contributed by atoms with Gasteiger partial charge in [0, 0.05) is 7.05 Å². The van der Waals surface area contributed by atoms with Gasteiger partial charge >= 0.3 is 0 Å². The zero-order valence-electron chi connectivity index (χ0n) is 6.66. The highest BCUT2D eigenvalue weighted by molar-refractivity contribution is 7.89. The second kappa shape index (κ2) is 3.32. The summed E-state index contributed by atoms with van der Waals surface area (Å²) in [6.07, 6.45) is 0. The van der Waals surface area contributed by atoms with Gasteiger partial charge in [0.1, 0.15) is 0 Å². The number of sulfonamides is 1. The Morgan fingerprint density at radius 1 is 1.40 bits per heavy atom. The minimum absolute atomic E-state index is 0.433. The molecule has 0 unspecified atom stereocenters. The van der Waals surface area contributed by atoms with E-state index in [1.165, 1.54) is 14.2 Å². The summed E-state index contributed by atoms with van der Waals surface area (Å²) < 4.78 is 23.0. The summed E-state index contributed by atoms with van der Waals surface area (Å²) in [6, 6.07) is 0. The summed E-state index contributed by atoms with van der Waals surface area (Å²) in [5.41, 5.74) is 0. The quantitative estimate of drug-likeness (QED) is 0.565. The summed E-state index contributed by atoms with van der Waals surface area (Å²) in [6.45, 7) is 3.20. The van der Waals surface area contributed by atoms with Gasteiger partial charge < -0.3 is 0 Å². The molecule has 0 aromatic rings. The molecule has 4 nitrogen and oxygen atoms in total. The zero-order chi connectivity index (χ0) is 8.36. The van der Waals surface area contributed by atoms with Gasteiger partial charge in [-0.05, 0) is 13.8 Å². The van der Waals surface area contributed by atoms with E-state index in [1.807, 2.05) is 0 Å². The molecule has 0 aromatic carbocycles. The van der Waals surface area contributed by atoms with Crippen molar-refractivity contribution in [3.8, 4) is 0 Å². The van der Waals surface area contributed by atoms with Gasteiger partial charge in [-0.3, -0.25) is 4.84 Å². The molecule has 62 valence electrons. The first-order chi connectivity index (χ1) is 4.42. The lowest BCUT2D eigenvalue weighted by atomic mass is 10.6. The SMILES string of the molecule is CON(C)S(=O)(=O)C(C)C. The van der Waals surface area contributed by atoms with Crippen LogP contribution < -0.4 is 0 Å². The maximum Gasteiger partial charge on any atom is 0.238 e. The molecule has 0 aliphatic heterocycles. The Bertz CT molecular complexity index is 185. The summed E-state index contributed by atoms with van der Waals surface area (Å²) in [5.74, 6) is 0. The van der Waals surface area contributed by atoms with Crippen LogP contribution in [0.4, 0.5) is 0 Å². The molecule has 0 aliphatic carbocycles. The van der Waals surface area contributed by atoms with Gasteiger partial charge in [0.25, 0.3) is 0 Å². The Balaban J connectivity index is 4.42. The van der Waals surface area contributed by atoms with E-state index >= 15 is 0 Å². The predicted molar refractivity (Wildman–Crippen MR) is 38.8 cm³/mol. The number of hydrogen-bond acceptors (Lipinski definition) is 3. The number of rotatable bonds is 3. The highest BCUT2D eigenvalue weighted by Crippen LogP contribution is 2.04. The van der Waals surface area contributed by atoms with Crippen LogP contribution in [0.1, 0.15) is 13.8 Å². The summed E-state index contributed by atoms with van der Waals surface area (Å²) >= 11 is 0. The fourth-order valence-electron chi connectivity index (χ4n) is 0.401. The Morgan fingerprint density at radius 3 is 1.90 bits per heavy atom. The third-order valence-electron chi connectivity index (χ3n) is 1.21. The van der Waals surface area contributed by atoms with Crippen molar-refractivity contribution in [2.75, 3.05) is 14.2 Å². The lowest BCUT2D eigenvalue weighted by molar-refractivity contribution is -0.0265. The Morgan fingerprint density at radius 2 is 1.80 bits per heavy atom. The molecule has 0 heterocycles. The molecule has 0 aliphatic rings. The van der Waals surface area contributed by atoms with Crippen molar-refractivity contribution in [1.82, 2.24) is 4.47 Å².